The third-order valence-corrected chi connectivity index (χ3v) is 5.48. The molecule has 0 unspecified atom stereocenters. The Morgan fingerprint density at radius 1 is 1.17 bits per heavy atom. The summed E-state index contributed by atoms with van der Waals surface area (Å²) in [6, 6.07) is 14.1. The van der Waals surface area contributed by atoms with Gasteiger partial charge in [-0.05, 0) is 24.3 Å². The van der Waals surface area contributed by atoms with Crippen LogP contribution in [0.3, 0.4) is 0 Å². The van der Waals surface area contributed by atoms with Gasteiger partial charge in [0.1, 0.15) is 17.1 Å². The highest BCUT2D eigenvalue weighted by atomic mass is 35.5. The molecule has 8 heteroatoms. The van der Waals surface area contributed by atoms with Crippen LogP contribution in [0.25, 0.3) is 0 Å². The van der Waals surface area contributed by atoms with Crippen LogP contribution in [0.1, 0.15) is 18.4 Å². The van der Waals surface area contributed by atoms with E-state index in [9.17, 15) is 9.59 Å². The van der Waals surface area contributed by atoms with Crippen LogP contribution in [0.2, 0.25) is 5.02 Å². The molecule has 0 atom stereocenters. The molecule has 0 bridgehead atoms. The topological polar surface area (TPSA) is 83.0 Å². The summed E-state index contributed by atoms with van der Waals surface area (Å²) in [6.45, 7) is 0.970. The number of likely N-dealkylation sites (tertiary alicyclic amines) is 1. The summed E-state index contributed by atoms with van der Waals surface area (Å²) in [5, 5.41) is 6.50. The van der Waals surface area contributed by atoms with E-state index in [1.165, 1.54) is 0 Å². The molecule has 150 valence electrons. The predicted molar refractivity (Wildman–Crippen MR) is 112 cm³/mol. The zero-order chi connectivity index (χ0) is 20.4. The Balaban J connectivity index is 1.43. The fourth-order valence-electron chi connectivity index (χ4n) is 3.63. The average molecular weight is 413 g/mol. The number of benzene rings is 2. The molecule has 2 heterocycles. The van der Waals surface area contributed by atoms with Gasteiger partial charge in [0.05, 0.1) is 12.8 Å². The standard InChI is InChI=1S/C21H21ClN4O3/c1-29-17-5-3-2-4-16(17)23-20(28)26-12-10-21(11-13-26)24-18(19(27)25-21)14-6-8-15(22)9-7-14/h2-9H,10-13H2,1H3,(H,23,28)(H,25,27). The van der Waals surface area contributed by atoms with E-state index in [1.54, 1.807) is 48.4 Å². The molecular formula is C21H21ClN4O3. The number of rotatable bonds is 3. The van der Waals surface area contributed by atoms with Crippen molar-refractivity contribution in [1.82, 2.24) is 10.2 Å². The molecule has 0 radical (unpaired) electrons. The number of methoxy groups -OCH3 is 1. The van der Waals surface area contributed by atoms with Crippen LogP contribution in [-0.4, -0.2) is 48.4 Å². The number of halogens is 1. The van der Waals surface area contributed by atoms with Crippen molar-refractivity contribution in [3.63, 3.8) is 0 Å². The van der Waals surface area contributed by atoms with Gasteiger partial charge in [-0.25, -0.2) is 4.79 Å². The van der Waals surface area contributed by atoms with Gasteiger partial charge in [0.15, 0.2) is 0 Å². The molecule has 2 aliphatic heterocycles. The molecule has 2 aromatic rings. The van der Waals surface area contributed by atoms with E-state index >= 15 is 0 Å². The maximum Gasteiger partial charge on any atom is 0.321 e. The number of carbonyl (C=O) groups excluding carboxylic acids is 2. The Hall–Kier alpha value is -3.06. The van der Waals surface area contributed by atoms with Gasteiger partial charge in [0.25, 0.3) is 5.91 Å². The van der Waals surface area contributed by atoms with Crippen LogP contribution in [0, 0.1) is 0 Å². The predicted octanol–water partition coefficient (Wildman–Crippen LogP) is 3.29. The second kappa shape index (κ2) is 7.75. The number of hydrogen-bond acceptors (Lipinski definition) is 4. The number of nitrogens with one attached hydrogen (secondary N) is 2. The van der Waals surface area contributed by atoms with Crippen LogP contribution in [0.4, 0.5) is 10.5 Å². The van der Waals surface area contributed by atoms with Gasteiger partial charge in [-0.3, -0.25) is 9.79 Å². The van der Waals surface area contributed by atoms with Gasteiger partial charge in [-0.15, -0.1) is 0 Å². The first kappa shape index (κ1) is 19.3. The Bertz CT molecular complexity index is 966. The first-order valence-corrected chi connectivity index (χ1v) is 9.75. The Morgan fingerprint density at radius 3 is 2.55 bits per heavy atom. The zero-order valence-corrected chi connectivity index (χ0v) is 16.7. The van der Waals surface area contributed by atoms with Gasteiger partial charge >= 0.3 is 6.03 Å². The number of para-hydroxylation sites is 2. The minimum atomic E-state index is -0.659. The van der Waals surface area contributed by atoms with Crippen molar-refractivity contribution in [2.75, 3.05) is 25.5 Å². The highest BCUT2D eigenvalue weighted by molar-refractivity contribution is 6.47. The number of urea groups is 1. The molecule has 4 rings (SSSR count). The molecule has 2 aliphatic rings. The molecule has 2 aromatic carbocycles. The molecule has 1 spiro atoms. The number of anilines is 1. The van der Waals surface area contributed by atoms with Crippen molar-refractivity contribution >= 4 is 34.9 Å². The second-order valence-electron chi connectivity index (χ2n) is 7.07. The van der Waals surface area contributed by atoms with Gasteiger partial charge in [0.2, 0.25) is 0 Å². The molecule has 1 saturated heterocycles. The number of nitrogens with zero attached hydrogens (tertiary/aromatic N) is 2. The number of aliphatic imine (C=N–C) groups is 1. The first-order valence-electron chi connectivity index (χ1n) is 9.37. The summed E-state index contributed by atoms with van der Waals surface area (Å²) in [4.78, 5) is 31.5. The van der Waals surface area contributed by atoms with Gasteiger partial charge in [0, 0.05) is 36.5 Å². The van der Waals surface area contributed by atoms with E-state index in [1.807, 2.05) is 12.1 Å². The molecule has 0 saturated carbocycles. The molecule has 0 aliphatic carbocycles. The molecular weight excluding hydrogens is 392 g/mol. The average Bonchev–Trinajstić information content (AvgIpc) is 3.05. The number of carbonyl (C=O) groups is 2. The Labute approximate surface area is 173 Å². The smallest absolute Gasteiger partial charge is 0.321 e. The lowest BCUT2D eigenvalue weighted by molar-refractivity contribution is -0.115. The van der Waals surface area contributed by atoms with Crippen molar-refractivity contribution in [2.45, 2.75) is 18.5 Å². The van der Waals surface area contributed by atoms with Gasteiger partial charge in [-0.1, -0.05) is 35.9 Å². The van der Waals surface area contributed by atoms with E-state index in [0.717, 1.165) is 5.56 Å². The minimum Gasteiger partial charge on any atom is -0.495 e. The third kappa shape index (κ3) is 3.91. The molecule has 7 nitrogen and oxygen atoms in total. The Morgan fingerprint density at radius 2 is 1.86 bits per heavy atom. The van der Waals surface area contributed by atoms with E-state index in [-0.39, 0.29) is 11.9 Å². The molecule has 3 amide bonds. The lowest BCUT2D eigenvalue weighted by Crippen LogP contribution is -2.53. The zero-order valence-electron chi connectivity index (χ0n) is 15.9. The van der Waals surface area contributed by atoms with E-state index < -0.39 is 5.66 Å². The van der Waals surface area contributed by atoms with Crippen LogP contribution in [0.15, 0.2) is 53.5 Å². The second-order valence-corrected chi connectivity index (χ2v) is 7.51. The number of ether oxygens (including phenoxy) is 1. The molecule has 0 aromatic heterocycles. The summed E-state index contributed by atoms with van der Waals surface area (Å²) in [5.41, 5.74) is 1.11. The number of hydrogen-bond donors (Lipinski definition) is 2. The fraction of sp³-hybridized carbons (Fsp3) is 0.286. The van der Waals surface area contributed by atoms with Crippen LogP contribution >= 0.6 is 11.6 Å². The summed E-state index contributed by atoms with van der Waals surface area (Å²) < 4.78 is 5.28. The summed E-state index contributed by atoms with van der Waals surface area (Å²) >= 11 is 5.93. The normalized spacial score (nSPS) is 17.7. The van der Waals surface area contributed by atoms with Crippen LogP contribution in [0.5, 0.6) is 5.75 Å². The quantitative estimate of drug-likeness (QED) is 0.811. The number of piperidine rings is 1. The largest absolute Gasteiger partial charge is 0.495 e. The maximum absolute atomic E-state index is 12.6. The Kier molecular flexibility index (Phi) is 5.15. The van der Waals surface area contributed by atoms with Crippen LogP contribution < -0.4 is 15.4 Å². The highest BCUT2D eigenvalue weighted by Crippen LogP contribution is 2.30. The highest BCUT2D eigenvalue weighted by Gasteiger charge is 2.42. The van der Waals surface area contributed by atoms with E-state index in [4.69, 9.17) is 21.3 Å². The molecule has 1 fully saturated rings. The van der Waals surface area contributed by atoms with E-state index in [0.29, 0.717) is 48.1 Å². The van der Waals surface area contributed by atoms with Gasteiger partial charge < -0.3 is 20.3 Å². The van der Waals surface area contributed by atoms with Crippen molar-refractivity contribution < 1.29 is 14.3 Å². The van der Waals surface area contributed by atoms with Crippen molar-refractivity contribution in [1.29, 1.82) is 0 Å². The maximum atomic E-state index is 12.6. The fourth-order valence-corrected chi connectivity index (χ4v) is 3.75. The summed E-state index contributed by atoms with van der Waals surface area (Å²) in [7, 11) is 1.56. The summed E-state index contributed by atoms with van der Waals surface area (Å²) in [5.74, 6) is 0.411. The van der Waals surface area contributed by atoms with Crippen LogP contribution in [-0.2, 0) is 4.79 Å². The summed E-state index contributed by atoms with van der Waals surface area (Å²) in [6.07, 6.45) is 1.10. The SMILES string of the molecule is COc1ccccc1NC(=O)N1CCC2(CC1)N=C(c1ccc(Cl)cc1)C(=O)N2. The van der Waals surface area contributed by atoms with Gasteiger partial charge in [-0.2, -0.15) is 0 Å². The van der Waals surface area contributed by atoms with Crippen molar-refractivity contribution in [3.05, 3.63) is 59.1 Å². The van der Waals surface area contributed by atoms with E-state index in [2.05, 4.69) is 10.6 Å². The minimum absolute atomic E-state index is 0.195. The monoisotopic (exact) mass is 412 g/mol. The number of amides is 3. The van der Waals surface area contributed by atoms with Crippen molar-refractivity contribution in [2.24, 2.45) is 4.99 Å². The molecule has 29 heavy (non-hydrogen) atoms. The lowest BCUT2D eigenvalue weighted by atomic mass is 9.98. The lowest BCUT2D eigenvalue weighted by Gasteiger charge is -2.37. The molecule has 2 N–H and O–H groups in total. The third-order valence-electron chi connectivity index (χ3n) is 5.23. The van der Waals surface area contributed by atoms with Crippen molar-refractivity contribution in [3.8, 4) is 5.75 Å². The first-order chi connectivity index (χ1) is 14.0.